The number of hydrogen-bond donors (Lipinski definition) is 0. The summed E-state index contributed by atoms with van der Waals surface area (Å²) in [4.78, 5) is 17.7. The summed E-state index contributed by atoms with van der Waals surface area (Å²) < 4.78 is 4.81. The molecule has 19 heavy (non-hydrogen) atoms. The van der Waals surface area contributed by atoms with E-state index in [9.17, 15) is 4.79 Å². The van der Waals surface area contributed by atoms with Crippen molar-refractivity contribution in [2.75, 3.05) is 20.2 Å². The summed E-state index contributed by atoms with van der Waals surface area (Å²) in [5.74, 6) is -0.159. The fourth-order valence-corrected chi connectivity index (χ4v) is 2.45. The molecule has 2 rings (SSSR count). The van der Waals surface area contributed by atoms with E-state index in [0.717, 1.165) is 38.0 Å². The number of likely N-dealkylation sites (tertiary alicyclic amines) is 1. The molecule has 2 heterocycles. The molecule has 1 atom stereocenters. The fourth-order valence-electron chi connectivity index (χ4n) is 2.45. The van der Waals surface area contributed by atoms with Crippen molar-refractivity contribution < 1.29 is 9.53 Å². The molecule has 1 fully saturated rings. The molecule has 100 valence electrons. The van der Waals surface area contributed by atoms with Crippen LogP contribution in [0.2, 0.25) is 0 Å². The van der Waals surface area contributed by atoms with Gasteiger partial charge in [-0.1, -0.05) is 0 Å². The highest BCUT2D eigenvalue weighted by Crippen LogP contribution is 2.19. The maximum Gasteiger partial charge on any atom is 0.309 e. The van der Waals surface area contributed by atoms with Crippen LogP contribution in [0.15, 0.2) is 18.3 Å². The van der Waals surface area contributed by atoms with Gasteiger partial charge >= 0.3 is 5.97 Å². The Labute approximate surface area is 112 Å². The Hall–Kier alpha value is -1.93. The Morgan fingerprint density at radius 1 is 1.68 bits per heavy atom. The largest absolute Gasteiger partial charge is 0.469 e. The van der Waals surface area contributed by atoms with Crippen molar-refractivity contribution in [3.63, 3.8) is 0 Å². The first kappa shape index (κ1) is 13.5. The quantitative estimate of drug-likeness (QED) is 0.766. The molecular weight excluding hydrogens is 242 g/mol. The number of esters is 1. The highest BCUT2D eigenvalue weighted by Gasteiger charge is 2.26. The molecule has 1 saturated heterocycles. The number of carbonyl (C=O) groups is 1. The third kappa shape index (κ3) is 3.52. The fraction of sp³-hybridized carbons (Fsp3) is 0.500. The predicted octanol–water partition coefficient (Wildman–Crippen LogP) is 1.34. The number of ether oxygens (including phenoxy) is 1. The Bertz CT molecular complexity index is 496. The third-order valence-electron chi connectivity index (χ3n) is 3.39. The molecule has 0 aliphatic carbocycles. The zero-order chi connectivity index (χ0) is 13.7. The van der Waals surface area contributed by atoms with Gasteiger partial charge in [0.2, 0.25) is 0 Å². The zero-order valence-corrected chi connectivity index (χ0v) is 11.0. The molecule has 5 heteroatoms. The molecule has 5 nitrogen and oxygen atoms in total. The summed E-state index contributed by atoms with van der Waals surface area (Å²) in [6, 6.07) is 5.74. The molecule has 0 saturated carbocycles. The second-order valence-corrected chi connectivity index (χ2v) is 4.76. The SMILES string of the molecule is COC(=O)C1CCCN(Cc2ccnc(C#N)c2)C1. The van der Waals surface area contributed by atoms with Gasteiger partial charge in [-0.3, -0.25) is 9.69 Å². The van der Waals surface area contributed by atoms with Crippen molar-refractivity contribution in [2.24, 2.45) is 5.92 Å². The normalized spacial score (nSPS) is 19.7. The molecule has 1 unspecified atom stereocenters. The van der Waals surface area contributed by atoms with Crippen LogP contribution in [0.1, 0.15) is 24.1 Å². The molecule has 0 radical (unpaired) electrons. The van der Waals surface area contributed by atoms with E-state index in [1.54, 1.807) is 12.3 Å². The zero-order valence-electron chi connectivity index (χ0n) is 11.0. The molecule has 1 aromatic rings. The van der Waals surface area contributed by atoms with Crippen LogP contribution in [0.4, 0.5) is 0 Å². The van der Waals surface area contributed by atoms with Gasteiger partial charge in [0.15, 0.2) is 0 Å². The molecular formula is C14H17N3O2. The van der Waals surface area contributed by atoms with Crippen molar-refractivity contribution in [3.8, 4) is 6.07 Å². The Morgan fingerprint density at radius 2 is 2.53 bits per heavy atom. The van der Waals surface area contributed by atoms with Gasteiger partial charge in [-0.05, 0) is 37.1 Å². The topological polar surface area (TPSA) is 66.2 Å². The average Bonchev–Trinajstić information content (AvgIpc) is 2.47. The van der Waals surface area contributed by atoms with Gasteiger partial charge < -0.3 is 4.74 Å². The van der Waals surface area contributed by atoms with Gasteiger partial charge in [0.05, 0.1) is 13.0 Å². The lowest BCUT2D eigenvalue weighted by molar-refractivity contribution is -0.147. The van der Waals surface area contributed by atoms with Crippen LogP contribution in [-0.2, 0) is 16.1 Å². The Balaban J connectivity index is 1.98. The van der Waals surface area contributed by atoms with Crippen LogP contribution in [0.5, 0.6) is 0 Å². The summed E-state index contributed by atoms with van der Waals surface area (Å²) in [5, 5.41) is 8.83. The highest BCUT2D eigenvalue weighted by atomic mass is 16.5. The number of pyridine rings is 1. The maximum absolute atomic E-state index is 11.6. The molecule has 0 spiro atoms. The summed E-state index contributed by atoms with van der Waals surface area (Å²) in [5.41, 5.74) is 1.48. The number of piperidine rings is 1. The van der Waals surface area contributed by atoms with Crippen molar-refractivity contribution in [1.29, 1.82) is 5.26 Å². The second-order valence-electron chi connectivity index (χ2n) is 4.76. The molecule has 0 bridgehead atoms. The van der Waals surface area contributed by atoms with Crippen molar-refractivity contribution >= 4 is 5.97 Å². The molecule has 1 aliphatic heterocycles. The standard InChI is InChI=1S/C14H17N3O2/c1-19-14(18)12-3-2-6-17(10-12)9-11-4-5-16-13(7-11)8-15/h4-5,7,12H,2-3,6,9-10H2,1H3. The number of nitriles is 1. The molecule has 1 aliphatic rings. The highest BCUT2D eigenvalue weighted by molar-refractivity contribution is 5.72. The molecule has 0 amide bonds. The molecule has 0 aromatic carbocycles. The number of rotatable bonds is 3. The first-order valence-electron chi connectivity index (χ1n) is 6.38. The van der Waals surface area contributed by atoms with Crippen molar-refractivity contribution in [3.05, 3.63) is 29.6 Å². The van der Waals surface area contributed by atoms with Crippen LogP contribution in [0.3, 0.4) is 0 Å². The van der Waals surface area contributed by atoms with Crippen LogP contribution in [-0.4, -0.2) is 36.1 Å². The van der Waals surface area contributed by atoms with Crippen LogP contribution >= 0.6 is 0 Å². The number of methoxy groups -OCH3 is 1. The van der Waals surface area contributed by atoms with E-state index in [1.807, 2.05) is 12.1 Å². The Morgan fingerprint density at radius 3 is 3.26 bits per heavy atom. The van der Waals surface area contributed by atoms with Gasteiger partial charge in [-0.2, -0.15) is 5.26 Å². The Kier molecular flexibility index (Phi) is 4.48. The predicted molar refractivity (Wildman–Crippen MR) is 69.0 cm³/mol. The maximum atomic E-state index is 11.6. The number of nitrogens with zero attached hydrogens (tertiary/aromatic N) is 3. The van der Waals surface area contributed by atoms with Crippen LogP contribution in [0.25, 0.3) is 0 Å². The number of carbonyl (C=O) groups excluding carboxylic acids is 1. The number of hydrogen-bond acceptors (Lipinski definition) is 5. The third-order valence-corrected chi connectivity index (χ3v) is 3.39. The van der Waals surface area contributed by atoms with E-state index in [0.29, 0.717) is 5.69 Å². The summed E-state index contributed by atoms with van der Waals surface area (Å²) >= 11 is 0. The van der Waals surface area contributed by atoms with E-state index < -0.39 is 0 Å². The minimum atomic E-state index is -0.128. The number of aromatic nitrogens is 1. The summed E-state index contributed by atoms with van der Waals surface area (Å²) in [6.07, 6.45) is 3.54. The first-order valence-corrected chi connectivity index (χ1v) is 6.38. The monoisotopic (exact) mass is 259 g/mol. The smallest absolute Gasteiger partial charge is 0.309 e. The van der Waals surface area contributed by atoms with Crippen molar-refractivity contribution in [1.82, 2.24) is 9.88 Å². The van der Waals surface area contributed by atoms with E-state index >= 15 is 0 Å². The van der Waals surface area contributed by atoms with E-state index in [4.69, 9.17) is 10.00 Å². The van der Waals surface area contributed by atoms with E-state index in [2.05, 4.69) is 9.88 Å². The lowest BCUT2D eigenvalue weighted by Gasteiger charge is -2.31. The van der Waals surface area contributed by atoms with Crippen LogP contribution < -0.4 is 0 Å². The first-order chi connectivity index (χ1) is 9.22. The van der Waals surface area contributed by atoms with Gasteiger partial charge in [-0.25, -0.2) is 4.98 Å². The minimum Gasteiger partial charge on any atom is -0.469 e. The van der Waals surface area contributed by atoms with Gasteiger partial charge in [-0.15, -0.1) is 0 Å². The average molecular weight is 259 g/mol. The van der Waals surface area contributed by atoms with Crippen LogP contribution in [0, 0.1) is 17.2 Å². The van der Waals surface area contributed by atoms with Gasteiger partial charge in [0.25, 0.3) is 0 Å². The summed E-state index contributed by atoms with van der Waals surface area (Å²) in [6.45, 7) is 2.43. The van der Waals surface area contributed by atoms with Crippen molar-refractivity contribution in [2.45, 2.75) is 19.4 Å². The van der Waals surface area contributed by atoms with Gasteiger partial charge in [0, 0.05) is 19.3 Å². The second kappa shape index (κ2) is 6.30. The van der Waals surface area contributed by atoms with Gasteiger partial charge in [0.1, 0.15) is 11.8 Å². The molecule has 1 aromatic heterocycles. The summed E-state index contributed by atoms with van der Waals surface area (Å²) in [7, 11) is 1.43. The lowest BCUT2D eigenvalue weighted by Crippen LogP contribution is -2.38. The lowest BCUT2D eigenvalue weighted by atomic mass is 9.98. The molecule has 0 N–H and O–H groups in total. The minimum absolute atomic E-state index is 0.0315. The van der Waals surface area contributed by atoms with E-state index in [1.165, 1.54) is 7.11 Å². The van der Waals surface area contributed by atoms with E-state index in [-0.39, 0.29) is 11.9 Å².